The highest BCUT2D eigenvalue weighted by molar-refractivity contribution is 5.64. The first-order chi connectivity index (χ1) is 8.94. The maximum absolute atomic E-state index is 10.9. The lowest BCUT2D eigenvalue weighted by molar-refractivity contribution is -0.384. The molecule has 1 rings (SSSR count). The van der Waals surface area contributed by atoms with Crippen molar-refractivity contribution in [2.24, 2.45) is 0 Å². The molecule has 19 heavy (non-hydrogen) atoms. The van der Waals surface area contributed by atoms with E-state index in [0.29, 0.717) is 17.8 Å². The molecule has 0 aromatic heterocycles. The molecule has 6 heteroatoms. The third-order valence-corrected chi connectivity index (χ3v) is 3.31. The average Bonchev–Trinajstić information content (AvgIpc) is 2.38. The number of hydrogen-bond acceptors (Lipinski definition) is 5. The van der Waals surface area contributed by atoms with E-state index in [2.05, 4.69) is 10.6 Å². The summed E-state index contributed by atoms with van der Waals surface area (Å²) < 4.78 is 0. The molecule has 0 aliphatic carbocycles. The van der Waals surface area contributed by atoms with Crippen LogP contribution in [0.25, 0.3) is 0 Å². The zero-order chi connectivity index (χ0) is 14.5. The molecular formula is C13H21N3O3. The number of aliphatic hydroxyl groups excluding tert-OH is 1. The second-order valence-corrected chi connectivity index (χ2v) is 4.79. The Bertz CT molecular complexity index is 451. The van der Waals surface area contributed by atoms with Crippen molar-refractivity contribution in [1.29, 1.82) is 0 Å². The van der Waals surface area contributed by atoms with Crippen LogP contribution >= 0.6 is 0 Å². The molecule has 0 fully saturated rings. The molecule has 0 amide bonds. The van der Waals surface area contributed by atoms with Crippen molar-refractivity contribution in [1.82, 2.24) is 0 Å². The van der Waals surface area contributed by atoms with Crippen LogP contribution in [0.3, 0.4) is 0 Å². The highest BCUT2D eigenvalue weighted by Gasteiger charge is 2.22. The number of anilines is 2. The number of nitro groups is 1. The van der Waals surface area contributed by atoms with Crippen LogP contribution in [0.15, 0.2) is 18.2 Å². The lowest BCUT2D eigenvalue weighted by atomic mass is 9.94. The minimum absolute atomic E-state index is 0.0387. The van der Waals surface area contributed by atoms with Gasteiger partial charge < -0.3 is 15.7 Å². The van der Waals surface area contributed by atoms with Crippen molar-refractivity contribution in [3.05, 3.63) is 28.3 Å². The van der Waals surface area contributed by atoms with Gasteiger partial charge in [-0.05, 0) is 25.8 Å². The van der Waals surface area contributed by atoms with Crippen molar-refractivity contribution in [3.8, 4) is 0 Å². The molecule has 0 aliphatic heterocycles. The highest BCUT2D eigenvalue weighted by Crippen LogP contribution is 2.28. The van der Waals surface area contributed by atoms with E-state index < -0.39 is 4.92 Å². The Balaban J connectivity index is 3.05. The first kappa shape index (κ1) is 15.2. The average molecular weight is 267 g/mol. The molecule has 3 N–H and O–H groups in total. The summed E-state index contributed by atoms with van der Waals surface area (Å²) in [6.45, 7) is 4.07. The minimum atomic E-state index is -0.415. The van der Waals surface area contributed by atoms with Crippen LogP contribution in [-0.4, -0.2) is 29.2 Å². The molecular weight excluding hydrogens is 246 g/mol. The number of hydrogen-bond donors (Lipinski definition) is 3. The van der Waals surface area contributed by atoms with Gasteiger partial charge in [0.05, 0.1) is 4.92 Å². The zero-order valence-electron chi connectivity index (χ0n) is 11.6. The minimum Gasteiger partial charge on any atom is -0.396 e. The Morgan fingerprint density at radius 3 is 2.47 bits per heavy atom. The van der Waals surface area contributed by atoms with Gasteiger partial charge in [-0.3, -0.25) is 10.1 Å². The van der Waals surface area contributed by atoms with Crippen molar-refractivity contribution in [2.75, 3.05) is 24.3 Å². The summed E-state index contributed by atoms with van der Waals surface area (Å²) in [6, 6.07) is 4.81. The largest absolute Gasteiger partial charge is 0.396 e. The van der Waals surface area contributed by atoms with E-state index in [4.69, 9.17) is 5.11 Å². The van der Waals surface area contributed by atoms with E-state index >= 15 is 0 Å². The quantitative estimate of drug-likeness (QED) is 0.522. The Kier molecular flexibility index (Phi) is 5.11. The van der Waals surface area contributed by atoms with Crippen molar-refractivity contribution < 1.29 is 10.0 Å². The topological polar surface area (TPSA) is 87.4 Å². The molecule has 0 aliphatic rings. The van der Waals surface area contributed by atoms with E-state index in [1.807, 2.05) is 19.9 Å². The molecule has 0 saturated carbocycles. The van der Waals surface area contributed by atoms with Gasteiger partial charge in [-0.25, -0.2) is 0 Å². The smallest absolute Gasteiger partial charge is 0.273 e. The molecule has 0 radical (unpaired) electrons. The van der Waals surface area contributed by atoms with Gasteiger partial charge in [0, 0.05) is 42.7 Å². The molecule has 1 aromatic rings. The lowest BCUT2D eigenvalue weighted by Gasteiger charge is -2.30. The van der Waals surface area contributed by atoms with Gasteiger partial charge in [0.15, 0.2) is 0 Å². The third-order valence-electron chi connectivity index (χ3n) is 3.31. The summed E-state index contributed by atoms with van der Waals surface area (Å²) in [6.07, 6.45) is 1.40. The first-order valence-electron chi connectivity index (χ1n) is 6.30. The number of rotatable bonds is 7. The maximum atomic E-state index is 10.9. The summed E-state index contributed by atoms with van der Waals surface area (Å²) >= 11 is 0. The molecule has 0 heterocycles. The summed E-state index contributed by atoms with van der Waals surface area (Å²) in [7, 11) is 1.72. The monoisotopic (exact) mass is 267 g/mol. The molecule has 0 saturated heterocycles. The molecule has 0 spiro atoms. The zero-order valence-corrected chi connectivity index (χ0v) is 11.6. The maximum Gasteiger partial charge on any atom is 0.273 e. The van der Waals surface area contributed by atoms with Crippen LogP contribution in [-0.2, 0) is 0 Å². The second-order valence-electron chi connectivity index (χ2n) is 4.79. The molecule has 1 aromatic carbocycles. The fourth-order valence-corrected chi connectivity index (χ4v) is 1.86. The van der Waals surface area contributed by atoms with E-state index in [-0.39, 0.29) is 17.8 Å². The van der Waals surface area contributed by atoms with E-state index in [0.717, 1.165) is 6.42 Å². The van der Waals surface area contributed by atoms with Gasteiger partial charge in [0.25, 0.3) is 5.69 Å². The number of nitrogens with zero attached hydrogens (tertiary/aromatic N) is 1. The molecule has 1 atom stereocenters. The van der Waals surface area contributed by atoms with Crippen LogP contribution < -0.4 is 10.6 Å². The van der Waals surface area contributed by atoms with E-state index in [1.165, 1.54) is 12.1 Å². The first-order valence-corrected chi connectivity index (χ1v) is 6.30. The molecule has 106 valence electrons. The Labute approximate surface area is 113 Å². The fraction of sp³-hybridized carbons (Fsp3) is 0.538. The Hall–Kier alpha value is -1.82. The van der Waals surface area contributed by atoms with Gasteiger partial charge in [0.1, 0.15) is 0 Å². The molecule has 0 bridgehead atoms. The summed E-state index contributed by atoms with van der Waals surface area (Å²) in [4.78, 5) is 10.5. The van der Waals surface area contributed by atoms with E-state index in [9.17, 15) is 10.1 Å². The van der Waals surface area contributed by atoms with Crippen molar-refractivity contribution in [3.63, 3.8) is 0 Å². The van der Waals surface area contributed by atoms with Gasteiger partial charge in [-0.1, -0.05) is 6.92 Å². The molecule has 1 unspecified atom stereocenters. The van der Waals surface area contributed by atoms with Crippen LogP contribution in [0.2, 0.25) is 0 Å². The summed E-state index contributed by atoms with van der Waals surface area (Å²) in [5, 5.41) is 26.2. The third kappa shape index (κ3) is 4.10. The highest BCUT2D eigenvalue weighted by atomic mass is 16.6. The number of benzene rings is 1. The number of nitro benzene ring substituents is 1. The van der Waals surface area contributed by atoms with Gasteiger partial charge in [0.2, 0.25) is 0 Å². The SMILES string of the molecule is CCC(C)(CCO)Nc1cc(NC)cc([N+](=O)[O-])c1. The van der Waals surface area contributed by atoms with Crippen molar-refractivity contribution in [2.45, 2.75) is 32.2 Å². The standard InChI is InChI=1S/C13H21N3O3/c1-4-13(2,5-6-17)15-11-7-10(14-3)8-12(9-11)16(18)19/h7-9,14-15,17H,4-6H2,1-3H3. The van der Waals surface area contributed by atoms with Gasteiger partial charge in [-0.15, -0.1) is 0 Å². The second kappa shape index (κ2) is 6.38. The summed E-state index contributed by atoms with van der Waals surface area (Å²) in [5.74, 6) is 0. The van der Waals surface area contributed by atoms with Gasteiger partial charge in [-0.2, -0.15) is 0 Å². The Morgan fingerprint density at radius 1 is 1.37 bits per heavy atom. The van der Waals surface area contributed by atoms with Crippen LogP contribution in [0.5, 0.6) is 0 Å². The van der Waals surface area contributed by atoms with E-state index in [1.54, 1.807) is 7.05 Å². The van der Waals surface area contributed by atoms with Crippen molar-refractivity contribution >= 4 is 17.1 Å². The van der Waals surface area contributed by atoms with Crippen LogP contribution in [0.4, 0.5) is 17.1 Å². The Morgan fingerprint density at radius 2 is 2.00 bits per heavy atom. The molecule has 6 nitrogen and oxygen atoms in total. The van der Waals surface area contributed by atoms with Gasteiger partial charge >= 0.3 is 0 Å². The lowest BCUT2D eigenvalue weighted by Crippen LogP contribution is -2.35. The number of aliphatic hydroxyl groups is 1. The van der Waals surface area contributed by atoms with Crippen LogP contribution in [0, 0.1) is 10.1 Å². The fourth-order valence-electron chi connectivity index (χ4n) is 1.86. The summed E-state index contributed by atoms with van der Waals surface area (Å²) in [5.41, 5.74) is 1.11. The predicted octanol–water partition coefficient (Wildman–Crippen LogP) is 2.60. The number of non-ortho nitro benzene ring substituents is 1. The normalized spacial score (nSPS) is 13.7. The predicted molar refractivity (Wildman–Crippen MR) is 76.7 cm³/mol. The number of nitrogens with one attached hydrogen (secondary N) is 2. The van der Waals surface area contributed by atoms with Crippen LogP contribution in [0.1, 0.15) is 26.7 Å².